The summed E-state index contributed by atoms with van der Waals surface area (Å²) >= 11 is 0. The smallest absolute Gasteiger partial charge is 0.229 e. The molecule has 0 spiro atoms. The van der Waals surface area contributed by atoms with Crippen LogP contribution in [0.25, 0.3) is 11.0 Å². The standard InChI is InChI=1S/C23H26N2O5S/c1-4-6-7-20-22(18-14-16(25-31(3,27)28)10-13-19(18)30-20)23(26)15-8-11-17(12-9-15)29-21(24)5-2/h8-14,24-25H,4-7H2,1-3H3. The average Bonchev–Trinajstić information content (AvgIpc) is 3.08. The van der Waals surface area contributed by atoms with Crippen LogP contribution in [0.1, 0.15) is 54.8 Å². The molecule has 31 heavy (non-hydrogen) atoms. The van der Waals surface area contributed by atoms with Crippen molar-refractivity contribution in [1.29, 1.82) is 5.41 Å². The van der Waals surface area contributed by atoms with E-state index < -0.39 is 10.0 Å². The van der Waals surface area contributed by atoms with Gasteiger partial charge in [0.25, 0.3) is 0 Å². The van der Waals surface area contributed by atoms with Crippen LogP contribution in [0.2, 0.25) is 0 Å². The first kappa shape index (κ1) is 22.6. The van der Waals surface area contributed by atoms with Crippen molar-refractivity contribution in [2.45, 2.75) is 39.5 Å². The number of ether oxygens (including phenoxy) is 1. The number of hydrogen-bond acceptors (Lipinski definition) is 6. The van der Waals surface area contributed by atoms with Gasteiger partial charge >= 0.3 is 0 Å². The molecular weight excluding hydrogens is 416 g/mol. The molecule has 0 aliphatic rings. The van der Waals surface area contributed by atoms with Gasteiger partial charge in [-0.2, -0.15) is 0 Å². The number of rotatable bonds is 9. The summed E-state index contributed by atoms with van der Waals surface area (Å²) in [6.07, 6.45) is 3.97. The van der Waals surface area contributed by atoms with Gasteiger partial charge in [-0.05, 0) is 48.9 Å². The molecule has 0 unspecified atom stereocenters. The van der Waals surface area contributed by atoms with E-state index in [1.807, 2.05) is 6.92 Å². The summed E-state index contributed by atoms with van der Waals surface area (Å²) in [5, 5.41) is 8.21. The topological polar surface area (TPSA) is 109 Å². The van der Waals surface area contributed by atoms with Crippen LogP contribution in [0.4, 0.5) is 5.69 Å². The minimum absolute atomic E-state index is 0.146. The summed E-state index contributed by atoms with van der Waals surface area (Å²) in [6.45, 7) is 3.89. The molecule has 0 fully saturated rings. The highest BCUT2D eigenvalue weighted by Gasteiger charge is 2.22. The third-order valence-electron chi connectivity index (χ3n) is 4.73. The van der Waals surface area contributed by atoms with Crippen LogP contribution < -0.4 is 9.46 Å². The number of carbonyl (C=O) groups is 1. The number of carbonyl (C=O) groups excluding carboxylic acids is 1. The Bertz CT molecular complexity index is 1210. The normalized spacial score (nSPS) is 11.5. The molecule has 2 N–H and O–H groups in total. The number of sulfonamides is 1. The molecule has 0 aliphatic heterocycles. The van der Waals surface area contributed by atoms with Crippen LogP contribution in [0.15, 0.2) is 46.9 Å². The molecule has 164 valence electrons. The lowest BCUT2D eigenvalue weighted by atomic mass is 9.98. The molecule has 3 rings (SSSR count). The maximum absolute atomic E-state index is 13.4. The highest BCUT2D eigenvalue weighted by molar-refractivity contribution is 7.92. The fourth-order valence-electron chi connectivity index (χ4n) is 3.22. The van der Waals surface area contributed by atoms with Gasteiger partial charge in [0.05, 0.1) is 11.8 Å². The first-order valence-electron chi connectivity index (χ1n) is 10.1. The number of benzene rings is 2. The van der Waals surface area contributed by atoms with Crippen LogP contribution in [-0.4, -0.2) is 26.4 Å². The SMILES string of the molecule is CCCCc1oc2ccc(NS(C)(=O)=O)cc2c1C(=O)c1ccc(OC(=N)CC)cc1. The maximum Gasteiger partial charge on any atom is 0.229 e. The molecule has 3 aromatic rings. The number of hydrogen-bond donors (Lipinski definition) is 2. The number of nitrogens with one attached hydrogen (secondary N) is 2. The third-order valence-corrected chi connectivity index (χ3v) is 5.33. The summed E-state index contributed by atoms with van der Waals surface area (Å²) in [5.41, 5.74) is 1.80. The van der Waals surface area contributed by atoms with Gasteiger partial charge in [0.15, 0.2) is 11.7 Å². The molecule has 8 heteroatoms. The van der Waals surface area contributed by atoms with E-state index in [-0.39, 0.29) is 11.7 Å². The highest BCUT2D eigenvalue weighted by Crippen LogP contribution is 2.32. The zero-order chi connectivity index (χ0) is 22.6. The second-order valence-corrected chi connectivity index (χ2v) is 9.07. The van der Waals surface area contributed by atoms with E-state index in [9.17, 15) is 13.2 Å². The minimum atomic E-state index is -3.45. The number of ketones is 1. The number of anilines is 1. The Morgan fingerprint density at radius 2 is 1.84 bits per heavy atom. The molecule has 1 heterocycles. The predicted molar refractivity (Wildman–Crippen MR) is 122 cm³/mol. The van der Waals surface area contributed by atoms with Gasteiger partial charge in [-0.1, -0.05) is 20.3 Å². The van der Waals surface area contributed by atoms with Crippen molar-refractivity contribution < 1.29 is 22.4 Å². The molecule has 0 saturated carbocycles. The van der Waals surface area contributed by atoms with Gasteiger partial charge in [-0.25, -0.2) is 8.42 Å². The van der Waals surface area contributed by atoms with E-state index in [0.717, 1.165) is 19.1 Å². The van der Waals surface area contributed by atoms with Gasteiger partial charge in [0.1, 0.15) is 17.1 Å². The monoisotopic (exact) mass is 442 g/mol. The van der Waals surface area contributed by atoms with E-state index in [0.29, 0.717) is 52.1 Å². The van der Waals surface area contributed by atoms with Crippen molar-refractivity contribution in [3.05, 3.63) is 59.4 Å². The van der Waals surface area contributed by atoms with Gasteiger partial charge in [-0.15, -0.1) is 0 Å². The lowest BCUT2D eigenvalue weighted by Gasteiger charge is -2.07. The van der Waals surface area contributed by atoms with Crippen LogP contribution in [0.5, 0.6) is 5.75 Å². The lowest BCUT2D eigenvalue weighted by Crippen LogP contribution is -2.09. The van der Waals surface area contributed by atoms with Gasteiger partial charge in [-0.3, -0.25) is 14.9 Å². The summed E-state index contributed by atoms with van der Waals surface area (Å²) in [4.78, 5) is 13.4. The number of fused-ring (bicyclic) bond motifs is 1. The predicted octanol–water partition coefficient (Wildman–Crippen LogP) is 5.14. The van der Waals surface area contributed by atoms with Crippen molar-refractivity contribution >= 4 is 38.4 Å². The van der Waals surface area contributed by atoms with E-state index in [1.54, 1.807) is 42.5 Å². The molecule has 2 aromatic carbocycles. The summed E-state index contributed by atoms with van der Waals surface area (Å²) in [7, 11) is -3.45. The van der Waals surface area contributed by atoms with Crippen LogP contribution in [0.3, 0.4) is 0 Å². The number of aryl methyl sites for hydroxylation is 1. The molecule has 1 aromatic heterocycles. The number of furan rings is 1. The highest BCUT2D eigenvalue weighted by atomic mass is 32.2. The van der Waals surface area contributed by atoms with Crippen LogP contribution in [0, 0.1) is 5.41 Å². The van der Waals surface area contributed by atoms with Crippen molar-refractivity contribution in [1.82, 2.24) is 0 Å². The molecule has 0 atom stereocenters. The van der Waals surface area contributed by atoms with E-state index in [2.05, 4.69) is 11.6 Å². The van der Waals surface area contributed by atoms with Gasteiger partial charge in [0.2, 0.25) is 10.0 Å². The zero-order valence-electron chi connectivity index (χ0n) is 17.8. The molecule has 0 amide bonds. The Kier molecular flexibility index (Phi) is 6.80. The summed E-state index contributed by atoms with van der Waals surface area (Å²) in [5.74, 6) is 1.02. The van der Waals surface area contributed by atoms with Crippen LogP contribution >= 0.6 is 0 Å². The summed E-state index contributed by atoms with van der Waals surface area (Å²) < 4.78 is 37.1. The van der Waals surface area contributed by atoms with Crippen LogP contribution in [-0.2, 0) is 16.4 Å². The first-order chi connectivity index (χ1) is 14.7. The molecule has 0 radical (unpaired) electrons. The molecular formula is C23H26N2O5S. The van der Waals surface area contributed by atoms with Crippen molar-refractivity contribution in [2.24, 2.45) is 0 Å². The van der Waals surface area contributed by atoms with Crippen molar-refractivity contribution in [3.63, 3.8) is 0 Å². The largest absolute Gasteiger partial charge is 0.460 e. The fourth-order valence-corrected chi connectivity index (χ4v) is 3.78. The van der Waals surface area contributed by atoms with E-state index >= 15 is 0 Å². The number of unbranched alkanes of at least 4 members (excludes halogenated alkanes) is 1. The van der Waals surface area contributed by atoms with Gasteiger partial charge < -0.3 is 9.15 Å². The van der Waals surface area contributed by atoms with E-state index in [1.165, 1.54) is 0 Å². The molecule has 7 nitrogen and oxygen atoms in total. The van der Waals surface area contributed by atoms with E-state index in [4.69, 9.17) is 14.6 Å². The Labute approximate surface area is 182 Å². The Morgan fingerprint density at radius 3 is 2.45 bits per heavy atom. The second-order valence-electron chi connectivity index (χ2n) is 7.32. The summed E-state index contributed by atoms with van der Waals surface area (Å²) in [6, 6.07) is 11.5. The van der Waals surface area contributed by atoms with Gasteiger partial charge in [0, 0.05) is 29.5 Å². The Balaban J connectivity index is 2.03. The fraction of sp³-hybridized carbons (Fsp3) is 0.304. The second kappa shape index (κ2) is 9.34. The molecule has 0 saturated heterocycles. The molecule has 0 bridgehead atoms. The van der Waals surface area contributed by atoms with Crippen molar-refractivity contribution in [3.8, 4) is 5.75 Å². The molecule has 0 aliphatic carbocycles. The maximum atomic E-state index is 13.4. The Hall–Kier alpha value is -3.13. The van der Waals surface area contributed by atoms with Crippen molar-refractivity contribution in [2.75, 3.05) is 11.0 Å². The quantitative estimate of drug-likeness (QED) is 0.271. The average molecular weight is 443 g/mol. The lowest BCUT2D eigenvalue weighted by molar-refractivity contribution is 0.103. The third kappa shape index (κ3) is 5.52. The Morgan fingerprint density at radius 1 is 1.13 bits per heavy atom. The first-order valence-corrected chi connectivity index (χ1v) is 12.0. The minimum Gasteiger partial charge on any atom is -0.460 e. The zero-order valence-corrected chi connectivity index (χ0v) is 18.6.